The minimum atomic E-state index is -0.972. The number of nitrogens with zero attached hydrogens (tertiary/aromatic N) is 4. The smallest absolute Gasteiger partial charge is 0.226 e. The molecule has 1 amide bonds. The van der Waals surface area contributed by atoms with Crippen molar-refractivity contribution in [1.29, 1.82) is 0 Å². The summed E-state index contributed by atoms with van der Waals surface area (Å²) in [4.78, 5) is 53.4. The van der Waals surface area contributed by atoms with Crippen molar-refractivity contribution in [2.24, 2.45) is 5.92 Å². The van der Waals surface area contributed by atoms with Gasteiger partial charge in [-0.3, -0.25) is 24.2 Å². The molecule has 8 atom stereocenters. The van der Waals surface area contributed by atoms with Gasteiger partial charge in [0.05, 0.1) is 48.5 Å². The summed E-state index contributed by atoms with van der Waals surface area (Å²) in [6.45, 7) is 5.43. The number of rotatable bonds is 9. The van der Waals surface area contributed by atoms with E-state index in [9.17, 15) is 24.6 Å². The fourth-order valence-corrected chi connectivity index (χ4v) is 11.5. The molecule has 15 nitrogen and oxygen atoms in total. The molecule has 0 saturated carbocycles. The van der Waals surface area contributed by atoms with Crippen molar-refractivity contribution in [1.82, 2.24) is 19.7 Å². The quantitative estimate of drug-likeness (QED) is 0.183. The van der Waals surface area contributed by atoms with Crippen molar-refractivity contribution in [2.45, 2.75) is 74.4 Å². The van der Waals surface area contributed by atoms with Gasteiger partial charge in [0.25, 0.3) is 0 Å². The number of ether oxygens (including phenoxy) is 6. The molecule has 17 heteroatoms. The first-order valence-corrected chi connectivity index (χ1v) is 21.9. The number of aromatic hydroxyl groups is 2. The summed E-state index contributed by atoms with van der Waals surface area (Å²) >= 11 is 0. The molecule has 2 aliphatic carbocycles. The lowest BCUT2D eigenvalue weighted by Gasteiger charge is -2.42. The second-order valence-electron chi connectivity index (χ2n) is 15.4. The molecule has 3 aromatic rings. The van der Waals surface area contributed by atoms with Crippen LogP contribution in [0.25, 0.3) is 0 Å². The summed E-state index contributed by atoms with van der Waals surface area (Å²) < 4.78 is 36.4. The third-order valence-corrected chi connectivity index (χ3v) is 14.4. The zero-order valence-electron chi connectivity index (χ0n) is 32.4. The molecule has 58 heavy (non-hydrogen) atoms. The number of ketones is 2. The van der Waals surface area contributed by atoms with Crippen molar-refractivity contribution in [3.8, 4) is 17.2 Å². The van der Waals surface area contributed by atoms with Gasteiger partial charge in [-0.05, 0) is 48.8 Å². The molecule has 0 bridgehead atoms. The molecule has 2 N–H and O–H groups in total. The van der Waals surface area contributed by atoms with E-state index < -0.39 is 60.0 Å². The summed E-state index contributed by atoms with van der Waals surface area (Å²) in [6.07, 6.45) is -1.02. The minimum Gasteiger partial charge on any atom is -0.507 e. The number of carbonyl (C=O) groups is 3. The number of hydrogen-bond acceptors (Lipinski definition) is 16. The normalized spacial score (nSPS) is 29.6. The summed E-state index contributed by atoms with van der Waals surface area (Å²) in [5, 5.41) is 25.1. The molecule has 0 unspecified atom stereocenters. The van der Waals surface area contributed by atoms with Crippen molar-refractivity contribution in [3.63, 3.8) is 0 Å². The average Bonchev–Trinajstić information content (AvgIpc) is 3.63. The molecule has 4 saturated heterocycles. The van der Waals surface area contributed by atoms with Gasteiger partial charge >= 0.3 is 0 Å². The molecule has 5 heterocycles. The van der Waals surface area contributed by atoms with Crippen LogP contribution in [0.5, 0.6) is 17.2 Å². The van der Waals surface area contributed by atoms with E-state index in [0.29, 0.717) is 45.8 Å². The largest absolute Gasteiger partial charge is 0.507 e. The zero-order valence-corrected chi connectivity index (χ0v) is 34.0. The molecular weight excluding hydrogens is 789 g/mol. The topological polar surface area (TPSA) is 170 Å². The number of pyridine rings is 1. The maximum Gasteiger partial charge on any atom is 0.226 e. The highest BCUT2D eigenvalue weighted by Crippen LogP contribution is 2.52. The monoisotopic (exact) mass is 834 g/mol. The first-order valence-electron chi connectivity index (χ1n) is 19.6. The molecule has 4 aliphatic heterocycles. The predicted octanol–water partition coefficient (Wildman–Crippen LogP) is 3.97. The van der Waals surface area contributed by atoms with Crippen LogP contribution in [0, 0.1) is 5.92 Å². The maximum absolute atomic E-state index is 14.4. The van der Waals surface area contributed by atoms with E-state index in [1.807, 2.05) is 30.0 Å². The lowest BCUT2D eigenvalue weighted by atomic mass is 9.74. The summed E-state index contributed by atoms with van der Waals surface area (Å²) in [6, 6.07) is 10.4. The van der Waals surface area contributed by atoms with E-state index in [-0.39, 0.29) is 70.0 Å². The minimum absolute atomic E-state index is 0.0116. The van der Waals surface area contributed by atoms with Crippen molar-refractivity contribution < 1.29 is 53.0 Å². The van der Waals surface area contributed by atoms with Crippen molar-refractivity contribution >= 4 is 39.1 Å². The molecule has 6 aliphatic rings. The lowest BCUT2D eigenvalue weighted by molar-refractivity contribution is -0.254. The lowest BCUT2D eigenvalue weighted by Crippen LogP contribution is -2.55. The highest BCUT2D eigenvalue weighted by atomic mass is 33.1. The first kappa shape index (κ1) is 39.7. The van der Waals surface area contributed by atoms with Crippen LogP contribution in [0.3, 0.4) is 0 Å². The van der Waals surface area contributed by atoms with E-state index in [1.54, 1.807) is 47.0 Å². The number of methoxy groups -OCH3 is 2. The second-order valence-corrected chi connectivity index (χ2v) is 17.6. The molecule has 2 aromatic carbocycles. The van der Waals surface area contributed by atoms with Gasteiger partial charge in [-0.25, -0.2) is 4.98 Å². The number of aromatic nitrogens is 1. The Hall–Kier alpha value is -3.78. The van der Waals surface area contributed by atoms with Crippen LogP contribution in [0.2, 0.25) is 0 Å². The molecule has 1 aromatic heterocycles. The van der Waals surface area contributed by atoms with Crippen molar-refractivity contribution in [3.05, 3.63) is 76.0 Å². The Bertz CT molecular complexity index is 2090. The molecular formula is C41H46N4O11S2. The highest BCUT2D eigenvalue weighted by Gasteiger charge is 2.54. The number of morpholine rings is 1. The molecule has 0 spiro atoms. The van der Waals surface area contributed by atoms with Gasteiger partial charge in [-0.15, -0.1) is 0 Å². The Morgan fingerprint density at radius 3 is 2.52 bits per heavy atom. The molecule has 308 valence electrons. The Kier molecular flexibility index (Phi) is 11.2. The number of fused-ring (bicyclic) bond motifs is 6. The van der Waals surface area contributed by atoms with E-state index in [0.717, 1.165) is 10.9 Å². The average molecular weight is 835 g/mol. The number of carbonyl (C=O) groups excluding carboxylic acids is 3. The summed E-state index contributed by atoms with van der Waals surface area (Å²) in [5.74, 6) is -1.96. The Morgan fingerprint density at radius 2 is 1.76 bits per heavy atom. The zero-order chi connectivity index (χ0) is 40.2. The van der Waals surface area contributed by atoms with Crippen LogP contribution < -0.4 is 4.74 Å². The van der Waals surface area contributed by atoms with E-state index >= 15 is 0 Å². The van der Waals surface area contributed by atoms with Gasteiger partial charge in [0, 0.05) is 81.1 Å². The van der Waals surface area contributed by atoms with Gasteiger partial charge in [0.1, 0.15) is 28.4 Å². The fourth-order valence-electron chi connectivity index (χ4n) is 9.40. The molecule has 4 fully saturated rings. The van der Waals surface area contributed by atoms with Gasteiger partial charge in [0.15, 0.2) is 24.6 Å². The fraction of sp³-hybridized carbons (Fsp3) is 0.512. The third kappa shape index (κ3) is 6.97. The van der Waals surface area contributed by atoms with Crippen molar-refractivity contribution in [2.75, 3.05) is 59.4 Å². The Labute approximate surface area is 343 Å². The number of amides is 1. The first-order chi connectivity index (χ1) is 28.2. The van der Waals surface area contributed by atoms with Gasteiger partial charge in [0.2, 0.25) is 11.7 Å². The van der Waals surface area contributed by atoms with Gasteiger partial charge in [-0.1, -0.05) is 29.0 Å². The van der Waals surface area contributed by atoms with E-state index in [1.165, 1.54) is 13.2 Å². The van der Waals surface area contributed by atoms with Crippen LogP contribution in [0.15, 0.2) is 47.6 Å². The second kappa shape index (κ2) is 16.3. The molecule has 9 rings (SSSR count). The molecule has 0 radical (unpaired) electrons. The number of phenols is 2. The van der Waals surface area contributed by atoms with Crippen LogP contribution in [-0.2, 0) is 34.9 Å². The Morgan fingerprint density at radius 1 is 0.948 bits per heavy atom. The highest BCUT2D eigenvalue weighted by molar-refractivity contribution is 8.76. The van der Waals surface area contributed by atoms with E-state index in [4.69, 9.17) is 28.4 Å². The van der Waals surface area contributed by atoms with Crippen LogP contribution in [-0.4, -0.2) is 144 Å². The predicted molar refractivity (Wildman–Crippen MR) is 211 cm³/mol. The van der Waals surface area contributed by atoms with Gasteiger partial charge < -0.3 is 43.5 Å². The third-order valence-electron chi connectivity index (χ3n) is 12.2. The number of hydrogen-bond donors (Lipinski definition) is 2. The maximum atomic E-state index is 14.4. The number of benzene rings is 2. The summed E-state index contributed by atoms with van der Waals surface area (Å²) in [7, 11) is 6.30. The number of piperazine rings is 1. The van der Waals surface area contributed by atoms with Crippen LogP contribution in [0.4, 0.5) is 0 Å². The Balaban J connectivity index is 0.998. The van der Waals surface area contributed by atoms with Gasteiger partial charge in [-0.2, -0.15) is 0 Å². The summed E-state index contributed by atoms with van der Waals surface area (Å²) in [5.41, 5.74) is -0.137. The SMILES string of the molecule is COc1cccc2c1C(=O)c1c(O)c3c(c(O)c1C2=O)C[C@@H](C(=O)N1CCN(CSSc2ccccn2)CC1)C[C@@H]3O[C@H]1C[C@H]2[C@H](O[C@@H]3[C@@H](OC)OCCN32)[C@H](C)O1. The standard InChI is InChI=1S/C41H46N4O11S2/c1-21-38-25(45-15-16-53-41(52-3)40(45)56-38)19-29(54-21)55-27-18-22(39(50)44-13-11-43(12-14-44)20-57-58-28-9-4-5-10-42-28)17-24-31(27)37(49)33-32(35(24)47)34(46)23-7-6-8-26(51-2)30(23)36(33)48/h4-10,21-22,25,27,29,38,40-41,47,49H,11-20H2,1-3H3/t21-,22+,25-,27-,29-,38+,40+,41-/m0/s1. The van der Waals surface area contributed by atoms with Crippen LogP contribution >= 0.6 is 21.6 Å². The number of phenolic OH excluding ortho intramolecular Hbond substituents is 2. The van der Waals surface area contributed by atoms with Crippen LogP contribution in [0.1, 0.15) is 68.8 Å². The van der Waals surface area contributed by atoms with E-state index in [2.05, 4.69) is 14.8 Å².